The average Bonchev–Trinajstić information content (AvgIpc) is 2.60. The molecule has 1 saturated carbocycles. The highest BCUT2D eigenvalue weighted by Crippen LogP contribution is 2.31. The molecule has 0 aromatic carbocycles. The third-order valence-electron chi connectivity index (χ3n) is 4.75. The molecule has 1 atom stereocenters. The van der Waals surface area contributed by atoms with Gasteiger partial charge < -0.3 is 15.4 Å². The number of alkyl carbamates (subject to hydrolysis) is 1. The van der Waals surface area contributed by atoms with E-state index in [0.717, 1.165) is 37.9 Å². The van der Waals surface area contributed by atoms with Crippen molar-refractivity contribution in [2.75, 3.05) is 5.32 Å². The van der Waals surface area contributed by atoms with Crippen molar-refractivity contribution in [3.8, 4) is 0 Å². The summed E-state index contributed by atoms with van der Waals surface area (Å²) in [5, 5.41) is 5.25. The summed E-state index contributed by atoms with van der Waals surface area (Å²) >= 11 is 0. The number of hydrogen-bond donors (Lipinski definition) is 2. The Kier molecular flexibility index (Phi) is 7.10. The quantitative estimate of drug-likeness (QED) is 0.744. The first-order valence-corrected chi connectivity index (χ1v) is 9.50. The standard InChI is InChI=1S/C20H28FN3O4/c1-12-5-7-13(8-6-12)17(24-19(27)28-20(2,3)4)18(26)23-16-9-14(11-25)15(21)10-22-16/h9-13,17H,5-8H2,1-4H3,(H,24,27)(H,22,23,26)/t12?,13?,17-/m0/s1. The van der Waals surface area contributed by atoms with Crippen LogP contribution < -0.4 is 10.6 Å². The van der Waals surface area contributed by atoms with Gasteiger partial charge in [0.1, 0.15) is 17.5 Å². The smallest absolute Gasteiger partial charge is 0.408 e. The highest BCUT2D eigenvalue weighted by atomic mass is 19.1. The fraction of sp³-hybridized carbons (Fsp3) is 0.600. The van der Waals surface area contributed by atoms with Crippen molar-refractivity contribution in [1.29, 1.82) is 0 Å². The molecule has 2 rings (SSSR count). The van der Waals surface area contributed by atoms with E-state index in [1.807, 2.05) is 0 Å². The van der Waals surface area contributed by atoms with Gasteiger partial charge in [0.25, 0.3) is 0 Å². The molecule has 0 spiro atoms. The lowest BCUT2D eigenvalue weighted by Gasteiger charge is -2.32. The Morgan fingerprint density at radius 2 is 1.93 bits per heavy atom. The van der Waals surface area contributed by atoms with Crippen LogP contribution in [-0.4, -0.2) is 34.9 Å². The number of nitrogens with zero attached hydrogens (tertiary/aromatic N) is 1. The number of carbonyl (C=O) groups excluding carboxylic acids is 3. The molecule has 0 aliphatic heterocycles. The van der Waals surface area contributed by atoms with Crippen LogP contribution in [0.1, 0.15) is 63.7 Å². The third kappa shape index (κ3) is 6.28. The normalized spacial score (nSPS) is 20.8. The summed E-state index contributed by atoms with van der Waals surface area (Å²) in [7, 11) is 0. The van der Waals surface area contributed by atoms with Crippen LogP contribution in [0.5, 0.6) is 0 Å². The number of aldehydes is 1. The number of rotatable bonds is 5. The molecule has 1 fully saturated rings. The van der Waals surface area contributed by atoms with E-state index in [1.54, 1.807) is 20.8 Å². The monoisotopic (exact) mass is 393 g/mol. The number of nitrogens with one attached hydrogen (secondary N) is 2. The number of amides is 2. The van der Waals surface area contributed by atoms with Gasteiger partial charge >= 0.3 is 6.09 Å². The molecule has 1 aliphatic carbocycles. The minimum Gasteiger partial charge on any atom is -0.444 e. The van der Waals surface area contributed by atoms with E-state index < -0.39 is 29.5 Å². The van der Waals surface area contributed by atoms with E-state index in [2.05, 4.69) is 22.5 Å². The number of aromatic nitrogens is 1. The van der Waals surface area contributed by atoms with Crippen molar-refractivity contribution in [3.63, 3.8) is 0 Å². The topological polar surface area (TPSA) is 97.4 Å². The van der Waals surface area contributed by atoms with Gasteiger partial charge in [0, 0.05) is 0 Å². The van der Waals surface area contributed by atoms with Crippen LogP contribution in [-0.2, 0) is 9.53 Å². The van der Waals surface area contributed by atoms with E-state index in [-0.39, 0.29) is 17.3 Å². The number of carbonyl (C=O) groups is 3. The Hall–Kier alpha value is -2.51. The SMILES string of the molecule is CC1CCC([C@H](NC(=O)OC(C)(C)C)C(=O)Nc2cc(C=O)c(F)cn2)CC1. The van der Waals surface area contributed by atoms with Crippen molar-refractivity contribution < 1.29 is 23.5 Å². The van der Waals surface area contributed by atoms with Crippen LogP contribution in [0.4, 0.5) is 15.0 Å². The Morgan fingerprint density at radius 3 is 2.50 bits per heavy atom. The molecule has 7 nitrogen and oxygen atoms in total. The summed E-state index contributed by atoms with van der Waals surface area (Å²) in [6.45, 7) is 7.39. The largest absolute Gasteiger partial charge is 0.444 e. The Bertz CT molecular complexity index is 725. The Labute approximate surface area is 164 Å². The molecule has 154 valence electrons. The first kappa shape index (κ1) is 21.8. The fourth-order valence-corrected chi connectivity index (χ4v) is 3.27. The van der Waals surface area contributed by atoms with Gasteiger partial charge in [-0.15, -0.1) is 0 Å². The maximum Gasteiger partial charge on any atom is 0.408 e. The summed E-state index contributed by atoms with van der Waals surface area (Å²) in [4.78, 5) is 39.8. The predicted molar refractivity (Wildman–Crippen MR) is 102 cm³/mol. The van der Waals surface area contributed by atoms with E-state index >= 15 is 0 Å². The van der Waals surface area contributed by atoms with Gasteiger partial charge in [0.15, 0.2) is 12.1 Å². The second-order valence-corrected chi connectivity index (χ2v) is 8.34. The number of anilines is 1. The first-order valence-electron chi connectivity index (χ1n) is 9.50. The van der Waals surface area contributed by atoms with Crippen molar-refractivity contribution in [1.82, 2.24) is 10.3 Å². The molecular weight excluding hydrogens is 365 g/mol. The van der Waals surface area contributed by atoms with Crippen LogP contribution in [0.25, 0.3) is 0 Å². The fourth-order valence-electron chi connectivity index (χ4n) is 3.27. The van der Waals surface area contributed by atoms with Gasteiger partial charge in [-0.2, -0.15) is 0 Å². The number of halogens is 1. The van der Waals surface area contributed by atoms with Crippen LogP contribution in [0.15, 0.2) is 12.3 Å². The maximum absolute atomic E-state index is 13.4. The zero-order valence-electron chi connectivity index (χ0n) is 16.8. The summed E-state index contributed by atoms with van der Waals surface area (Å²) in [5.74, 6) is -0.655. The van der Waals surface area contributed by atoms with Crippen molar-refractivity contribution in [3.05, 3.63) is 23.6 Å². The molecule has 0 radical (unpaired) electrons. The maximum atomic E-state index is 13.4. The minimum absolute atomic E-state index is 0.0466. The molecular formula is C20H28FN3O4. The minimum atomic E-state index is -0.811. The molecule has 28 heavy (non-hydrogen) atoms. The lowest BCUT2D eigenvalue weighted by molar-refractivity contribution is -0.119. The summed E-state index contributed by atoms with van der Waals surface area (Å²) in [6.07, 6.45) is 4.08. The number of hydrogen-bond acceptors (Lipinski definition) is 5. The lowest BCUT2D eigenvalue weighted by Crippen LogP contribution is -2.50. The van der Waals surface area contributed by atoms with Gasteiger partial charge in [-0.3, -0.25) is 9.59 Å². The average molecular weight is 393 g/mol. The zero-order chi connectivity index (χ0) is 20.9. The molecule has 2 amide bonds. The lowest BCUT2D eigenvalue weighted by atomic mass is 9.79. The van der Waals surface area contributed by atoms with Crippen LogP contribution in [0, 0.1) is 17.7 Å². The van der Waals surface area contributed by atoms with E-state index in [1.165, 1.54) is 0 Å². The second kappa shape index (κ2) is 9.12. The summed E-state index contributed by atoms with van der Waals surface area (Å²) < 4.78 is 18.7. The molecule has 1 aromatic heterocycles. The van der Waals surface area contributed by atoms with Crippen LogP contribution in [0.3, 0.4) is 0 Å². The highest BCUT2D eigenvalue weighted by molar-refractivity contribution is 5.96. The first-order chi connectivity index (χ1) is 13.1. The molecule has 8 heteroatoms. The van der Waals surface area contributed by atoms with Crippen molar-refractivity contribution in [2.45, 2.75) is 65.0 Å². The summed E-state index contributed by atoms with van der Waals surface area (Å²) in [5.41, 5.74) is -0.891. The highest BCUT2D eigenvalue weighted by Gasteiger charge is 2.34. The van der Waals surface area contributed by atoms with E-state index in [9.17, 15) is 18.8 Å². The number of pyridine rings is 1. The zero-order valence-corrected chi connectivity index (χ0v) is 16.8. The Balaban J connectivity index is 2.16. The van der Waals surface area contributed by atoms with Gasteiger partial charge in [-0.25, -0.2) is 14.2 Å². The van der Waals surface area contributed by atoms with Gasteiger partial charge in [-0.1, -0.05) is 19.8 Å². The van der Waals surface area contributed by atoms with Gasteiger partial charge in [0.05, 0.1) is 11.8 Å². The van der Waals surface area contributed by atoms with E-state index in [4.69, 9.17) is 4.74 Å². The molecule has 0 unspecified atom stereocenters. The molecule has 2 N–H and O–H groups in total. The molecule has 0 bridgehead atoms. The van der Waals surface area contributed by atoms with Crippen molar-refractivity contribution in [2.24, 2.45) is 11.8 Å². The number of ether oxygens (including phenoxy) is 1. The van der Waals surface area contributed by atoms with Gasteiger partial charge in [0.2, 0.25) is 5.91 Å². The molecule has 1 heterocycles. The second-order valence-electron chi connectivity index (χ2n) is 8.34. The molecule has 1 aromatic rings. The van der Waals surface area contributed by atoms with E-state index in [0.29, 0.717) is 12.2 Å². The van der Waals surface area contributed by atoms with Crippen LogP contribution >= 0.6 is 0 Å². The van der Waals surface area contributed by atoms with Gasteiger partial charge in [-0.05, 0) is 51.5 Å². The predicted octanol–water partition coefficient (Wildman–Crippen LogP) is 3.69. The van der Waals surface area contributed by atoms with Crippen LogP contribution in [0.2, 0.25) is 0 Å². The van der Waals surface area contributed by atoms with Crippen molar-refractivity contribution >= 4 is 24.1 Å². The summed E-state index contributed by atoms with van der Waals surface area (Å²) in [6, 6.07) is 0.349. The molecule has 1 aliphatic rings. The third-order valence-corrected chi connectivity index (χ3v) is 4.75. The Morgan fingerprint density at radius 1 is 1.29 bits per heavy atom. The molecule has 0 saturated heterocycles.